The molecule has 11 heteroatoms. The number of aromatic nitrogens is 1. The first kappa shape index (κ1) is 21.8. The molecule has 0 bridgehead atoms. The first-order chi connectivity index (χ1) is 14.0. The van der Waals surface area contributed by atoms with Crippen LogP contribution in [0.2, 0.25) is 0 Å². The number of nitrogens with one attached hydrogen (secondary N) is 1. The number of anilines is 1. The van der Waals surface area contributed by atoms with Crippen molar-refractivity contribution in [3.05, 3.63) is 41.8 Å². The van der Waals surface area contributed by atoms with Gasteiger partial charge in [-0.05, 0) is 32.0 Å². The number of hydrogen-bond donors (Lipinski definition) is 2. The van der Waals surface area contributed by atoms with E-state index in [0.29, 0.717) is 0 Å². The highest BCUT2D eigenvalue weighted by atomic mass is 32.2. The van der Waals surface area contributed by atoms with Crippen molar-refractivity contribution in [2.24, 2.45) is 0 Å². The summed E-state index contributed by atoms with van der Waals surface area (Å²) >= 11 is 0. The summed E-state index contributed by atoms with van der Waals surface area (Å²) in [5, 5.41) is 12.3. The minimum Gasteiger partial charge on any atom is -0.497 e. The zero-order valence-corrected chi connectivity index (χ0v) is 17.5. The molecular formula is C19H22FN3O6S. The summed E-state index contributed by atoms with van der Waals surface area (Å²) in [5.41, 5.74) is -1.03. The van der Waals surface area contributed by atoms with Gasteiger partial charge in [-0.3, -0.25) is 9.10 Å². The highest BCUT2D eigenvalue weighted by molar-refractivity contribution is 7.92. The number of methoxy groups -OCH3 is 1. The van der Waals surface area contributed by atoms with Gasteiger partial charge in [0.25, 0.3) is 15.9 Å². The van der Waals surface area contributed by atoms with Crippen molar-refractivity contribution >= 4 is 21.6 Å². The molecule has 2 heterocycles. The molecule has 1 aromatic carbocycles. The molecule has 2 aromatic rings. The van der Waals surface area contributed by atoms with E-state index in [1.54, 1.807) is 0 Å². The topological polar surface area (TPSA) is 118 Å². The predicted molar refractivity (Wildman–Crippen MR) is 106 cm³/mol. The number of carbonyl (C=O) groups is 1. The van der Waals surface area contributed by atoms with Crippen molar-refractivity contribution < 1.29 is 32.2 Å². The summed E-state index contributed by atoms with van der Waals surface area (Å²) in [5.74, 6) is -1.32. The van der Waals surface area contributed by atoms with Crippen LogP contribution in [0.3, 0.4) is 0 Å². The molecule has 1 amide bonds. The SMILES string of the molecule is COc1ccc(S(=O)(=O)N2CCOc3ncc(C(=O)NCC(C)(C)O)cc32)c(F)c1. The highest BCUT2D eigenvalue weighted by Crippen LogP contribution is 2.35. The van der Waals surface area contributed by atoms with Gasteiger partial charge >= 0.3 is 0 Å². The summed E-state index contributed by atoms with van der Waals surface area (Å²) in [6.07, 6.45) is 1.24. The van der Waals surface area contributed by atoms with Gasteiger partial charge in [0.2, 0.25) is 5.88 Å². The van der Waals surface area contributed by atoms with Crippen molar-refractivity contribution in [2.75, 3.05) is 31.1 Å². The fraction of sp³-hybridized carbons (Fsp3) is 0.368. The van der Waals surface area contributed by atoms with Gasteiger partial charge in [-0.25, -0.2) is 17.8 Å². The van der Waals surface area contributed by atoms with E-state index in [4.69, 9.17) is 9.47 Å². The van der Waals surface area contributed by atoms with E-state index in [9.17, 15) is 22.7 Å². The molecular weight excluding hydrogens is 417 g/mol. The van der Waals surface area contributed by atoms with Crippen LogP contribution in [0.5, 0.6) is 11.6 Å². The van der Waals surface area contributed by atoms with Crippen LogP contribution in [0.15, 0.2) is 35.4 Å². The van der Waals surface area contributed by atoms with E-state index >= 15 is 0 Å². The molecule has 0 saturated carbocycles. The zero-order valence-electron chi connectivity index (χ0n) is 16.7. The monoisotopic (exact) mass is 439 g/mol. The molecule has 1 aliphatic rings. The van der Waals surface area contributed by atoms with E-state index in [-0.39, 0.29) is 42.6 Å². The molecule has 0 unspecified atom stereocenters. The van der Waals surface area contributed by atoms with Crippen LogP contribution in [0, 0.1) is 5.82 Å². The Balaban J connectivity index is 1.97. The Morgan fingerprint density at radius 2 is 2.13 bits per heavy atom. The molecule has 2 N–H and O–H groups in total. The van der Waals surface area contributed by atoms with E-state index < -0.39 is 32.2 Å². The van der Waals surface area contributed by atoms with Crippen LogP contribution in [0.1, 0.15) is 24.2 Å². The van der Waals surface area contributed by atoms with Crippen LogP contribution in [-0.2, 0) is 10.0 Å². The van der Waals surface area contributed by atoms with Crippen molar-refractivity contribution in [1.29, 1.82) is 0 Å². The van der Waals surface area contributed by atoms with Crippen LogP contribution in [0.4, 0.5) is 10.1 Å². The van der Waals surface area contributed by atoms with Gasteiger partial charge in [-0.2, -0.15) is 0 Å². The number of halogens is 1. The van der Waals surface area contributed by atoms with Crippen molar-refractivity contribution in [1.82, 2.24) is 10.3 Å². The highest BCUT2D eigenvalue weighted by Gasteiger charge is 2.33. The van der Waals surface area contributed by atoms with Gasteiger partial charge in [-0.1, -0.05) is 0 Å². The van der Waals surface area contributed by atoms with Crippen LogP contribution < -0.4 is 19.1 Å². The number of sulfonamides is 1. The maximum Gasteiger partial charge on any atom is 0.267 e. The number of carbonyl (C=O) groups excluding carboxylic acids is 1. The van der Waals surface area contributed by atoms with E-state index in [1.807, 2.05) is 0 Å². The third kappa shape index (κ3) is 4.46. The molecule has 3 rings (SSSR count). The minimum absolute atomic E-state index is 0.0118. The molecule has 1 aromatic heterocycles. The number of aliphatic hydroxyl groups is 1. The Kier molecular flexibility index (Phi) is 5.86. The van der Waals surface area contributed by atoms with Gasteiger partial charge in [0.1, 0.15) is 28.8 Å². The standard InChI is InChI=1S/C19H22FN3O6S/c1-19(2,25)11-22-17(24)12-8-15-18(21-10-12)29-7-6-23(15)30(26,27)16-5-4-13(28-3)9-14(16)20/h4-5,8-10,25H,6-7,11H2,1-3H3,(H,22,24). The van der Waals surface area contributed by atoms with E-state index in [0.717, 1.165) is 16.4 Å². The normalized spacial score (nSPS) is 14.0. The Morgan fingerprint density at radius 1 is 1.40 bits per heavy atom. The minimum atomic E-state index is -4.30. The largest absolute Gasteiger partial charge is 0.497 e. The maximum atomic E-state index is 14.5. The average Bonchev–Trinajstić information content (AvgIpc) is 2.70. The average molecular weight is 439 g/mol. The van der Waals surface area contributed by atoms with Crippen molar-refractivity contribution in [3.63, 3.8) is 0 Å². The fourth-order valence-electron chi connectivity index (χ4n) is 2.79. The van der Waals surface area contributed by atoms with E-state index in [1.165, 1.54) is 39.3 Å². The third-order valence-corrected chi connectivity index (χ3v) is 6.13. The summed E-state index contributed by atoms with van der Waals surface area (Å²) in [6.45, 7) is 2.98. The van der Waals surface area contributed by atoms with Crippen LogP contribution in [-0.4, -0.2) is 56.8 Å². The lowest BCUT2D eigenvalue weighted by Crippen LogP contribution is -2.40. The second-order valence-electron chi connectivity index (χ2n) is 7.27. The molecule has 0 radical (unpaired) electrons. The maximum absolute atomic E-state index is 14.5. The molecule has 0 aliphatic carbocycles. The summed E-state index contributed by atoms with van der Waals surface area (Å²) in [4.78, 5) is 15.9. The zero-order chi connectivity index (χ0) is 22.1. The lowest BCUT2D eigenvalue weighted by molar-refractivity contribution is 0.0694. The molecule has 0 spiro atoms. The molecule has 0 saturated heterocycles. The number of hydrogen-bond acceptors (Lipinski definition) is 7. The Hall–Kier alpha value is -2.92. The fourth-order valence-corrected chi connectivity index (χ4v) is 4.27. The van der Waals surface area contributed by atoms with Crippen LogP contribution in [0.25, 0.3) is 0 Å². The first-order valence-electron chi connectivity index (χ1n) is 9.02. The summed E-state index contributed by atoms with van der Waals surface area (Å²) in [7, 11) is -2.95. The number of rotatable bonds is 6. The smallest absolute Gasteiger partial charge is 0.267 e. The molecule has 30 heavy (non-hydrogen) atoms. The number of fused-ring (bicyclic) bond motifs is 1. The third-order valence-electron chi connectivity index (χ3n) is 4.28. The second-order valence-corrected chi connectivity index (χ2v) is 9.10. The van der Waals surface area contributed by atoms with Gasteiger partial charge in [0.05, 0.1) is 24.8 Å². The van der Waals surface area contributed by atoms with E-state index in [2.05, 4.69) is 10.3 Å². The lowest BCUT2D eigenvalue weighted by atomic mass is 10.1. The second kappa shape index (κ2) is 8.07. The Bertz CT molecular complexity index is 1070. The number of ether oxygens (including phenoxy) is 2. The number of benzene rings is 1. The summed E-state index contributed by atoms with van der Waals surface area (Å²) in [6, 6.07) is 4.75. The summed E-state index contributed by atoms with van der Waals surface area (Å²) < 4.78 is 52.0. The molecule has 9 nitrogen and oxygen atoms in total. The Morgan fingerprint density at radius 3 is 2.77 bits per heavy atom. The molecule has 0 fully saturated rings. The number of pyridine rings is 1. The van der Waals surface area contributed by atoms with Gasteiger partial charge in [0, 0.05) is 18.8 Å². The Labute approximate surface area is 173 Å². The van der Waals surface area contributed by atoms with Gasteiger partial charge < -0.3 is 19.9 Å². The van der Waals surface area contributed by atoms with Crippen molar-refractivity contribution in [2.45, 2.75) is 24.3 Å². The molecule has 162 valence electrons. The first-order valence-corrected chi connectivity index (χ1v) is 10.5. The predicted octanol–water partition coefficient (Wildman–Crippen LogP) is 1.32. The lowest BCUT2D eigenvalue weighted by Gasteiger charge is -2.30. The van der Waals surface area contributed by atoms with Crippen LogP contribution >= 0.6 is 0 Å². The molecule has 0 atom stereocenters. The number of amides is 1. The van der Waals surface area contributed by atoms with Gasteiger partial charge in [-0.15, -0.1) is 0 Å². The number of nitrogens with zero attached hydrogens (tertiary/aromatic N) is 2. The quantitative estimate of drug-likeness (QED) is 0.697. The van der Waals surface area contributed by atoms with Crippen molar-refractivity contribution in [3.8, 4) is 11.6 Å². The molecule has 1 aliphatic heterocycles. The van der Waals surface area contributed by atoms with Gasteiger partial charge in [0.15, 0.2) is 0 Å².